The van der Waals surface area contributed by atoms with Crippen molar-refractivity contribution in [3.63, 3.8) is 0 Å². The monoisotopic (exact) mass is 319 g/mol. The average Bonchev–Trinajstić information content (AvgIpc) is 2.53. The summed E-state index contributed by atoms with van der Waals surface area (Å²) < 4.78 is 0.907. The van der Waals surface area contributed by atoms with Crippen molar-refractivity contribution in [2.75, 3.05) is 18.1 Å². The van der Waals surface area contributed by atoms with Crippen LogP contribution in [0, 0.1) is 6.92 Å². The fourth-order valence-corrected chi connectivity index (χ4v) is 2.42. The van der Waals surface area contributed by atoms with Gasteiger partial charge in [0.2, 0.25) is 11.1 Å². The minimum Gasteiger partial charge on any atom is -0.355 e. The Labute approximate surface area is 131 Å². The fraction of sp³-hybridized carbons (Fsp3) is 0.286. The molecule has 116 valence electrons. The lowest BCUT2D eigenvalue weighted by Gasteiger charge is -2.07. The summed E-state index contributed by atoms with van der Waals surface area (Å²) in [5, 5.41) is 10.5. The molecule has 0 bridgehead atoms. The van der Waals surface area contributed by atoms with Crippen molar-refractivity contribution < 1.29 is 4.79 Å². The van der Waals surface area contributed by atoms with Crippen molar-refractivity contribution in [3.05, 3.63) is 51.9 Å². The first kappa shape index (κ1) is 16.0. The van der Waals surface area contributed by atoms with Gasteiger partial charge in [0.1, 0.15) is 5.69 Å². The van der Waals surface area contributed by atoms with Gasteiger partial charge in [0.05, 0.1) is 5.75 Å². The number of nitrogens with one attached hydrogen (secondary N) is 1. The largest absolute Gasteiger partial charge is 0.355 e. The van der Waals surface area contributed by atoms with Crippen LogP contribution in [-0.2, 0) is 11.2 Å². The Morgan fingerprint density at radius 2 is 2.05 bits per heavy atom. The number of nitrogen functional groups attached to an aromatic ring is 1. The fourth-order valence-electron chi connectivity index (χ4n) is 1.74. The van der Waals surface area contributed by atoms with Crippen molar-refractivity contribution in [1.82, 2.24) is 20.2 Å². The first-order valence-corrected chi connectivity index (χ1v) is 7.71. The van der Waals surface area contributed by atoms with Crippen LogP contribution in [0.3, 0.4) is 0 Å². The lowest BCUT2D eigenvalue weighted by Crippen LogP contribution is -2.33. The molecule has 0 aliphatic heterocycles. The van der Waals surface area contributed by atoms with Crippen LogP contribution in [0.15, 0.2) is 40.3 Å². The number of amides is 1. The number of carbonyl (C=O) groups excluding carboxylic acids is 1. The summed E-state index contributed by atoms with van der Waals surface area (Å²) in [5.41, 5.74) is 0.969. The smallest absolute Gasteiger partial charge is 0.294 e. The highest BCUT2D eigenvalue weighted by Gasteiger charge is 2.09. The maximum absolute atomic E-state index is 11.8. The summed E-state index contributed by atoms with van der Waals surface area (Å²) in [6.45, 7) is 2.09. The number of rotatable bonds is 6. The van der Waals surface area contributed by atoms with Crippen molar-refractivity contribution >= 4 is 17.7 Å². The summed E-state index contributed by atoms with van der Waals surface area (Å²) in [7, 11) is 0. The minimum atomic E-state index is -0.415. The highest BCUT2D eigenvalue weighted by Crippen LogP contribution is 2.10. The molecule has 1 aromatic carbocycles. The number of thioether (sulfide) groups is 1. The molecule has 0 saturated carbocycles. The maximum atomic E-state index is 11.8. The quantitative estimate of drug-likeness (QED) is 0.579. The van der Waals surface area contributed by atoms with E-state index >= 15 is 0 Å². The number of aryl methyl sites for hydroxylation is 1. The molecule has 1 aromatic heterocycles. The molecule has 1 amide bonds. The standard InChI is InChI=1S/C14H17N5O2S/c1-10-13(21)19(15)14(18-17-10)22-9-12(20)16-8-7-11-5-3-2-4-6-11/h2-6H,7-9,15H2,1H3,(H,16,20). The highest BCUT2D eigenvalue weighted by atomic mass is 32.2. The Hall–Kier alpha value is -2.35. The predicted octanol–water partition coefficient (Wildman–Crippen LogP) is 0.112. The zero-order valence-corrected chi connectivity index (χ0v) is 13.0. The van der Waals surface area contributed by atoms with E-state index in [4.69, 9.17) is 5.84 Å². The van der Waals surface area contributed by atoms with Crippen LogP contribution in [-0.4, -0.2) is 33.1 Å². The average molecular weight is 319 g/mol. The molecule has 8 heteroatoms. The number of nitrogens with two attached hydrogens (primary N) is 1. The normalized spacial score (nSPS) is 10.4. The van der Waals surface area contributed by atoms with Crippen LogP contribution >= 0.6 is 11.8 Å². The maximum Gasteiger partial charge on any atom is 0.294 e. The van der Waals surface area contributed by atoms with Crippen LogP contribution in [0.25, 0.3) is 0 Å². The predicted molar refractivity (Wildman–Crippen MR) is 85.1 cm³/mol. The third-order valence-electron chi connectivity index (χ3n) is 2.93. The molecule has 0 atom stereocenters. The van der Waals surface area contributed by atoms with E-state index in [9.17, 15) is 9.59 Å². The van der Waals surface area contributed by atoms with Gasteiger partial charge in [-0.05, 0) is 18.9 Å². The van der Waals surface area contributed by atoms with Crippen molar-refractivity contribution in [3.8, 4) is 0 Å². The summed E-state index contributed by atoms with van der Waals surface area (Å²) >= 11 is 1.08. The minimum absolute atomic E-state index is 0.128. The van der Waals surface area contributed by atoms with Crippen LogP contribution in [0.5, 0.6) is 0 Å². The molecule has 1 heterocycles. The molecule has 2 aromatic rings. The SMILES string of the molecule is Cc1nnc(SCC(=O)NCCc2ccccc2)n(N)c1=O. The van der Waals surface area contributed by atoms with Crippen molar-refractivity contribution in [1.29, 1.82) is 0 Å². The Kier molecular flexibility index (Phi) is 5.54. The molecular formula is C14H17N5O2S. The summed E-state index contributed by atoms with van der Waals surface area (Å²) in [5.74, 6) is 5.58. The van der Waals surface area contributed by atoms with Gasteiger partial charge in [0.25, 0.3) is 5.56 Å². The number of nitrogens with zero attached hydrogens (tertiary/aromatic N) is 3. The van der Waals surface area contributed by atoms with Crippen LogP contribution in [0.4, 0.5) is 0 Å². The van der Waals surface area contributed by atoms with E-state index in [-0.39, 0.29) is 22.5 Å². The van der Waals surface area contributed by atoms with Gasteiger partial charge in [-0.25, -0.2) is 0 Å². The number of aromatic nitrogens is 3. The molecule has 0 aliphatic rings. The molecular weight excluding hydrogens is 302 g/mol. The Bertz CT molecular complexity index is 702. The van der Waals surface area contributed by atoms with Gasteiger partial charge < -0.3 is 11.2 Å². The second-order valence-corrected chi connectivity index (χ2v) is 5.56. The number of benzene rings is 1. The molecule has 0 radical (unpaired) electrons. The Balaban J connectivity index is 1.79. The molecule has 7 nitrogen and oxygen atoms in total. The zero-order valence-electron chi connectivity index (χ0n) is 12.2. The summed E-state index contributed by atoms with van der Waals surface area (Å²) in [6, 6.07) is 9.90. The van der Waals surface area contributed by atoms with Crippen molar-refractivity contribution in [2.24, 2.45) is 0 Å². The third kappa shape index (κ3) is 4.32. The van der Waals surface area contributed by atoms with E-state index in [2.05, 4.69) is 15.5 Å². The molecule has 0 spiro atoms. The molecule has 0 aliphatic carbocycles. The van der Waals surface area contributed by atoms with E-state index in [1.54, 1.807) is 0 Å². The van der Waals surface area contributed by atoms with Gasteiger partial charge >= 0.3 is 0 Å². The first-order chi connectivity index (χ1) is 10.6. The molecule has 0 fully saturated rings. The van der Waals surface area contributed by atoms with Gasteiger partial charge in [-0.15, -0.1) is 10.2 Å². The highest BCUT2D eigenvalue weighted by molar-refractivity contribution is 7.99. The summed E-state index contributed by atoms with van der Waals surface area (Å²) in [4.78, 5) is 23.3. The van der Waals surface area contributed by atoms with Crippen LogP contribution in [0.1, 0.15) is 11.3 Å². The van der Waals surface area contributed by atoms with Gasteiger partial charge in [0, 0.05) is 6.54 Å². The molecule has 2 rings (SSSR count). The molecule has 22 heavy (non-hydrogen) atoms. The first-order valence-electron chi connectivity index (χ1n) is 6.73. The van der Waals surface area contributed by atoms with Gasteiger partial charge in [-0.2, -0.15) is 4.68 Å². The van der Waals surface area contributed by atoms with E-state index in [1.807, 2.05) is 30.3 Å². The van der Waals surface area contributed by atoms with E-state index in [0.717, 1.165) is 28.4 Å². The molecule has 0 saturated heterocycles. The number of hydrogen-bond acceptors (Lipinski definition) is 6. The number of carbonyl (C=O) groups is 1. The van der Waals surface area contributed by atoms with Crippen molar-refractivity contribution in [2.45, 2.75) is 18.5 Å². The van der Waals surface area contributed by atoms with E-state index in [0.29, 0.717) is 6.54 Å². The van der Waals surface area contributed by atoms with Gasteiger partial charge in [0.15, 0.2) is 0 Å². The van der Waals surface area contributed by atoms with E-state index in [1.165, 1.54) is 6.92 Å². The number of hydrogen-bond donors (Lipinski definition) is 2. The Morgan fingerprint density at radius 1 is 1.32 bits per heavy atom. The molecule has 3 N–H and O–H groups in total. The third-order valence-corrected chi connectivity index (χ3v) is 3.87. The second-order valence-electron chi connectivity index (χ2n) is 4.62. The van der Waals surface area contributed by atoms with Crippen LogP contribution in [0.2, 0.25) is 0 Å². The lowest BCUT2D eigenvalue weighted by atomic mass is 10.1. The summed E-state index contributed by atoms with van der Waals surface area (Å²) in [6.07, 6.45) is 0.767. The molecule has 0 unspecified atom stereocenters. The van der Waals surface area contributed by atoms with Gasteiger partial charge in [-0.1, -0.05) is 42.1 Å². The van der Waals surface area contributed by atoms with E-state index < -0.39 is 5.56 Å². The van der Waals surface area contributed by atoms with Gasteiger partial charge in [-0.3, -0.25) is 9.59 Å². The zero-order chi connectivity index (χ0) is 15.9. The topological polar surface area (TPSA) is 103 Å². The van der Waals surface area contributed by atoms with Crippen LogP contribution < -0.4 is 16.7 Å². The Morgan fingerprint density at radius 3 is 2.77 bits per heavy atom. The second kappa shape index (κ2) is 7.60. The lowest BCUT2D eigenvalue weighted by molar-refractivity contribution is -0.118.